The number of carbonyl (C=O) groups is 2. The lowest BCUT2D eigenvalue weighted by Gasteiger charge is -2.29. The summed E-state index contributed by atoms with van der Waals surface area (Å²) in [6.07, 6.45) is -5.49. The molecule has 1 unspecified atom stereocenters. The first-order valence-electron chi connectivity index (χ1n) is 9.28. The van der Waals surface area contributed by atoms with Crippen molar-refractivity contribution < 1.29 is 27.6 Å². The predicted molar refractivity (Wildman–Crippen MR) is 116 cm³/mol. The van der Waals surface area contributed by atoms with Crippen LogP contribution in [0.5, 0.6) is 0 Å². The van der Waals surface area contributed by atoms with E-state index in [4.69, 9.17) is 33.3 Å². The van der Waals surface area contributed by atoms with Crippen molar-refractivity contribution in [2.45, 2.75) is 25.1 Å². The van der Waals surface area contributed by atoms with Crippen LogP contribution in [-0.2, 0) is 15.2 Å². The van der Waals surface area contributed by atoms with Crippen molar-refractivity contribution in [2.75, 3.05) is 13.1 Å². The minimum absolute atomic E-state index is 0.00216. The zero-order chi connectivity index (χ0) is 24.4. The third-order valence-electron chi connectivity index (χ3n) is 4.74. The Morgan fingerprint density at radius 1 is 1.24 bits per heavy atom. The normalized spacial score (nSPS) is 17.7. The summed E-state index contributed by atoms with van der Waals surface area (Å²) >= 11 is 12.9. The van der Waals surface area contributed by atoms with Crippen molar-refractivity contribution in [2.24, 2.45) is 5.16 Å². The van der Waals surface area contributed by atoms with E-state index < -0.39 is 30.0 Å². The Labute approximate surface area is 200 Å². The van der Waals surface area contributed by atoms with Crippen molar-refractivity contribution in [1.29, 1.82) is 5.26 Å². The number of nitrogens with zero attached hydrogens (tertiary/aromatic N) is 2. The Kier molecular flexibility index (Phi) is 7.21. The summed E-state index contributed by atoms with van der Waals surface area (Å²) < 4.78 is 42.4. The maximum absolute atomic E-state index is 14.1. The van der Waals surface area contributed by atoms with Gasteiger partial charge < -0.3 is 15.5 Å². The molecule has 0 fully saturated rings. The number of carbonyl (C=O) groups excluding carboxylic acids is 2. The summed E-state index contributed by atoms with van der Waals surface area (Å²) in [6.45, 7) is 1.06. The molecule has 2 N–H and O–H groups in total. The molecule has 1 aliphatic rings. The summed E-state index contributed by atoms with van der Waals surface area (Å²) in [5, 5.41) is 16.8. The van der Waals surface area contributed by atoms with Gasteiger partial charge in [0.2, 0.25) is 5.91 Å². The van der Waals surface area contributed by atoms with Gasteiger partial charge in [-0.25, -0.2) is 0 Å². The highest BCUT2D eigenvalue weighted by Crippen LogP contribution is 2.50. The third kappa shape index (κ3) is 5.24. The molecule has 2 heterocycles. The van der Waals surface area contributed by atoms with Crippen LogP contribution in [0.3, 0.4) is 0 Å². The molecule has 0 spiro atoms. The van der Waals surface area contributed by atoms with Crippen LogP contribution >= 0.6 is 34.5 Å². The molecule has 13 heteroatoms. The topological polar surface area (TPSA) is 104 Å². The molecule has 1 atom stereocenters. The molecular weight excluding hydrogens is 504 g/mol. The highest BCUT2D eigenvalue weighted by Gasteiger charge is 2.62. The van der Waals surface area contributed by atoms with Gasteiger partial charge in [-0.05, 0) is 31.2 Å². The fourth-order valence-corrected chi connectivity index (χ4v) is 4.65. The summed E-state index contributed by atoms with van der Waals surface area (Å²) in [5.41, 5.74) is -2.89. The fourth-order valence-electron chi connectivity index (χ4n) is 3.13. The Morgan fingerprint density at radius 2 is 1.91 bits per heavy atom. The van der Waals surface area contributed by atoms with Crippen molar-refractivity contribution in [1.82, 2.24) is 10.6 Å². The molecule has 3 rings (SSSR count). The van der Waals surface area contributed by atoms with Crippen LogP contribution in [0.2, 0.25) is 10.0 Å². The predicted octanol–water partition coefficient (Wildman–Crippen LogP) is 4.32. The number of oxime groups is 1. The average molecular weight is 519 g/mol. The quantitative estimate of drug-likeness (QED) is 0.555. The average Bonchev–Trinajstić information content (AvgIpc) is 3.34. The number of benzene rings is 1. The first-order valence-corrected chi connectivity index (χ1v) is 10.8. The lowest BCUT2D eigenvalue weighted by atomic mass is 9.88. The SMILES string of the molecule is Cc1sc(C2=NOC(c3cc(Cl)cc(Cl)c3)(C(F)(F)F)C2)cc1C(=O)NCC(=O)NCC#N. The molecule has 1 aromatic carbocycles. The number of rotatable bonds is 6. The van der Waals surface area contributed by atoms with Gasteiger partial charge in [-0.1, -0.05) is 28.4 Å². The fraction of sp³-hybridized carbons (Fsp3) is 0.300. The van der Waals surface area contributed by atoms with Crippen LogP contribution in [0.4, 0.5) is 13.2 Å². The molecule has 0 saturated heterocycles. The van der Waals surface area contributed by atoms with Crippen LogP contribution in [0.1, 0.15) is 32.1 Å². The van der Waals surface area contributed by atoms with Crippen LogP contribution in [-0.4, -0.2) is 36.8 Å². The Morgan fingerprint density at radius 3 is 2.52 bits per heavy atom. The van der Waals surface area contributed by atoms with E-state index in [-0.39, 0.29) is 40.0 Å². The number of nitrogens with one attached hydrogen (secondary N) is 2. The second kappa shape index (κ2) is 9.59. The molecular formula is C20H15Cl2F3N4O3S. The minimum Gasteiger partial charge on any atom is -0.374 e. The van der Waals surface area contributed by atoms with Gasteiger partial charge >= 0.3 is 6.18 Å². The first-order chi connectivity index (χ1) is 15.5. The molecule has 2 aromatic rings. The molecule has 7 nitrogen and oxygen atoms in total. The number of amides is 2. The molecule has 1 aromatic heterocycles. The lowest BCUT2D eigenvalue weighted by molar-refractivity contribution is -0.275. The number of alkyl halides is 3. The summed E-state index contributed by atoms with van der Waals surface area (Å²) in [4.78, 5) is 29.8. The van der Waals surface area contributed by atoms with Crippen molar-refractivity contribution in [3.63, 3.8) is 0 Å². The maximum atomic E-state index is 14.1. The molecule has 33 heavy (non-hydrogen) atoms. The van der Waals surface area contributed by atoms with Crippen LogP contribution < -0.4 is 10.6 Å². The molecule has 0 aliphatic carbocycles. The van der Waals surface area contributed by atoms with E-state index in [0.717, 1.165) is 23.5 Å². The van der Waals surface area contributed by atoms with Crippen LogP contribution in [0.25, 0.3) is 0 Å². The largest absolute Gasteiger partial charge is 0.435 e. The Bertz CT molecular complexity index is 1160. The molecule has 1 aliphatic heterocycles. The van der Waals surface area contributed by atoms with Gasteiger partial charge in [0.25, 0.3) is 11.5 Å². The summed E-state index contributed by atoms with van der Waals surface area (Å²) in [6, 6.07) is 6.67. The smallest absolute Gasteiger partial charge is 0.374 e. The van der Waals surface area contributed by atoms with E-state index in [1.807, 2.05) is 0 Å². The van der Waals surface area contributed by atoms with E-state index in [2.05, 4.69) is 15.8 Å². The zero-order valence-electron chi connectivity index (χ0n) is 16.8. The number of hydrogen-bond donors (Lipinski definition) is 2. The number of aryl methyl sites for hydroxylation is 1. The number of thiophene rings is 1. The van der Waals surface area contributed by atoms with Crippen molar-refractivity contribution in [3.8, 4) is 6.07 Å². The van der Waals surface area contributed by atoms with Crippen LogP contribution in [0, 0.1) is 18.3 Å². The Hall–Kier alpha value is -2.81. The lowest BCUT2D eigenvalue weighted by Crippen LogP contribution is -2.42. The second-order valence-corrected chi connectivity index (χ2v) is 9.12. The van der Waals surface area contributed by atoms with Gasteiger partial charge in [0.1, 0.15) is 12.3 Å². The standard InChI is InChI=1S/C20H15Cl2F3N4O3S/c1-10-14(18(31)28-9-17(30)27-3-2-26)7-16(33-10)15-8-19(32-29-15,20(23,24)25)11-4-12(21)6-13(22)5-11/h4-7H,3,8-9H2,1H3,(H,27,30)(H,28,31). The van der Waals surface area contributed by atoms with E-state index in [0.29, 0.717) is 9.75 Å². The monoisotopic (exact) mass is 518 g/mol. The van der Waals surface area contributed by atoms with Gasteiger partial charge in [-0.15, -0.1) is 11.3 Å². The number of nitriles is 1. The Balaban J connectivity index is 1.82. The second-order valence-electron chi connectivity index (χ2n) is 6.99. The third-order valence-corrected chi connectivity index (χ3v) is 6.27. The van der Waals surface area contributed by atoms with Gasteiger partial charge in [0, 0.05) is 20.5 Å². The van der Waals surface area contributed by atoms with E-state index in [9.17, 15) is 22.8 Å². The zero-order valence-corrected chi connectivity index (χ0v) is 19.2. The summed E-state index contributed by atoms with van der Waals surface area (Å²) in [5.74, 6) is -1.15. The minimum atomic E-state index is -4.84. The molecule has 0 saturated carbocycles. The van der Waals surface area contributed by atoms with Gasteiger partial charge in [0.05, 0.1) is 29.5 Å². The molecule has 0 radical (unpaired) electrons. The van der Waals surface area contributed by atoms with Crippen molar-refractivity contribution >= 4 is 52.1 Å². The number of halogens is 5. The van der Waals surface area contributed by atoms with Gasteiger partial charge in [0.15, 0.2) is 0 Å². The van der Waals surface area contributed by atoms with Crippen molar-refractivity contribution in [3.05, 3.63) is 55.2 Å². The van der Waals surface area contributed by atoms with Crippen LogP contribution in [0.15, 0.2) is 29.4 Å². The highest BCUT2D eigenvalue weighted by molar-refractivity contribution is 7.14. The first kappa shape index (κ1) is 24.8. The van der Waals surface area contributed by atoms with E-state index in [1.165, 1.54) is 12.1 Å². The van der Waals surface area contributed by atoms with E-state index in [1.54, 1.807) is 13.0 Å². The molecule has 2 amide bonds. The van der Waals surface area contributed by atoms with Gasteiger partial charge in [-0.3, -0.25) is 9.59 Å². The number of hydrogen-bond acceptors (Lipinski definition) is 6. The maximum Gasteiger partial charge on any atom is 0.435 e. The van der Waals surface area contributed by atoms with E-state index >= 15 is 0 Å². The highest BCUT2D eigenvalue weighted by atomic mass is 35.5. The molecule has 174 valence electrons. The van der Waals surface area contributed by atoms with Gasteiger partial charge in [-0.2, -0.15) is 18.4 Å². The summed E-state index contributed by atoms with van der Waals surface area (Å²) in [7, 11) is 0. The molecule has 0 bridgehead atoms.